The molecule has 3 heteroatoms. The normalized spacial score (nSPS) is 12.6. The summed E-state index contributed by atoms with van der Waals surface area (Å²) >= 11 is 0. The van der Waals surface area contributed by atoms with Crippen LogP contribution in [0.2, 0.25) is 0 Å². The van der Waals surface area contributed by atoms with Crippen molar-refractivity contribution < 1.29 is 15.0 Å². The highest BCUT2D eigenvalue weighted by Crippen LogP contribution is 2.09. The number of hydrogen-bond acceptors (Lipinski definition) is 2. The quantitative estimate of drug-likeness (QED) is 0.335. The van der Waals surface area contributed by atoms with Gasteiger partial charge in [-0.1, -0.05) is 50.3 Å². The first kappa shape index (κ1) is 19.9. The zero-order valence-corrected chi connectivity index (χ0v) is 13.3. The smallest absolute Gasteiger partial charge is 0.303 e. The van der Waals surface area contributed by atoms with E-state index in [1.807, 2.05) is 0 Å². The van der Waals surface area contributed by atoms with E-state index in [4.69, 9.17) is 5.11 Å². The Kier molecular flexibility index (Phi) is 14.5. The fraction of sp³-hybridized carbons (Fsp3) is 0.722. The molecule has 0 aromatic rings. The van der Waals surface area contributed by atoms with E-state index in [0.29, 0.717) is 6.42 Å². The predicted molar refractivity (Wildman–Crippen MR) is 88.4 cm³/mol. The van der Waals surface area contributed by atoms with Gasteiger partial charge in [-0.25, -0.2) is 0 Å². The molecule has 3 nitrogen and oxygen atoms in total. The third kappa shape index (κ3) is 16.9. The van der Waals surface area contributed by atoms with Crippen LogP contribution in [-0.2, 0) is 4.79 Å². The summed E-state index contributed by atoms with van der Waals surface area (Å²) in [6.07, 6.45) is 18.0. The third-order valence-corrected chi connectivity index (χ3v) is 3.57. The van der Waals surface area contributed by atoms with Crippen LogP contribution in [0.25, 0.3) is 0 Å². The molecular formula is C18H32O3. The topological polar surface area (TPSA) is 57.5 Å². The molecule has 1 unspecified atom stereocenters. The van der Waals surface area contributed by atoms with Gasteiger partial charge in [0, 0.05) is 6.42 Å². The van der Waals surface area contributed by atoms with E-state index >= 15 is 0 Å². The zero-order chi connectivity index (χ0) is 15.8. The molecule has 21 heavy (non-hydrogen) atoms. The van der Waals surface area contributed by atoms with Crippen LogP contribution >= 0.6 is 0 Å². The van der Waals surface area contributed by atoms with Gasteiger partial charge in [0.15, 0.2) is 0 Å². The highest BCUT2D eigenvalue weighted by molar-refractivity contribution is 5.66. The summed E-state index contributed by atoms with van der Waals surface area (Å²) < 4.78 is 0. The molecule has 0 aliphatic heterocycles. The molecule has 0 aliphatic rings. The second-order valence-electron chi connectivity index (χ2n) is 5.61. The summed E-state index contributed by atoms with van der Waals surface area (Å²) in [5.74, 6) is -0.683. The van der Waals surface area contributed by atoms with Crippen LogP contribution in [0, 0.1) is 0 Å². The molecule has 0 aliphatic carbocycles. The summed E-state index contributed by atoms with van der Waals surface area (Å²) in [5, 5.41) is 17.8. The van der Waals surface area contributed by atoms with Gasteiger partial charge in [0.1, 0.15) is 0 Å². The second kappa shape index (κ2) is 15.3. The Morgan fingerprint density at radius 2 is 1.43 bits per heavy atom. The molecule has 0 amide bonds. The second-order valence-corrected chi connectivity index (χ2v) is 5.61. The Morgan fingerprint density at radius 3 is 2.00 bits per heavy atom. The number of carboxylic acid groups (broad SMARTS) is 1. The van der Waals surface area contributed by atoms with E-state index in [0.717, 1.165) is 44.9 Å². The Hall–Kier alpha value is -1.09. The Morgan fingerprint density at radius 1 is 0.905 bits per heavy atom. The van der Waals surface area contributed by atoms with Gasteiger partial charge in [0.2, 0.25) is 0 Å². The zero-order valence-electron chi connectivity index (χ0n) is 13.3. The molecule has 2 N–H and O–H groups in total. The minimum Gasteiger partial charge on any atom is -0.481 e. The van der Waals surface area contributed by atoms with Crippen LogP contribution < -0.4 is 0 Å². The highest BCUT2D eigenvalue weighted by atomic mass is 16.4. The maximum atomic E-state index is 10.3. The van der Waals surface area contributed by atoms with Crippen molar-refractivity contribution in [2.45, 2.75) is 83.2 Å². The van der Waals surface area contributed by atoms with Gasteiger partial charge in [-0.3, -0.25) is 4.79 Å². The van der Waals surface area contributed by atoms with Gasteiger partial charge in [0.05, 0.1) is 6.10 Å². The SMILES string of the molecule is C=CC(O)CCCCC/C=C/CCCCCCCC(=O)O. The molecule has 0 saturated carbocycles. The van der Waals surface area contributed by atoms with Gasteiger partial charge in [-0.2, -0.15) is 0 Å². The van der Waals surface area contributed by atoms with E-state index < -0.39 is 5.97 Å². The van der Waals surface area contributed by atoms with Crippen LogP contribution in [0.4, 0.5) is 0 Å². The summed E-state index contributed by atoms with van der Waals surface area (Å²) in [6, 6.07) is 0. The molecule has 0 aromatic carbocycles. The van der Waals surface area contributed by atoms with Gasteiger partial charge >= 0.3 is 5.97 Å². The third-order valence-electron chi connectivity index (χ3n) is 3.57. The minimum absolute atomic E-state index is 0.309. The van der Waals surface area contributed by atoms with Crippen molar-refractivity contribution in [3.05, 3.63) is 24.8 Å². The average molecular weight is 296 g/mol. The van der Waals surface area contributed by atoms with Crippen molar-refractivity contribution in [2.75, 3.05) is 0 Å². The van der Waals surface area contributed by atoms with Crippen LogP contribution in [0.15, 0.2) is 24.8 Å². The standard InChI is InChI=1S/C18H32O3/c1-2-17(19)15-13-11-9-7-5-3-4-6-8-10-12-14-16-18(20)21/h2-3,5,17,19H,1,4,6-16H2,(H,20,21)/b5-3+. The number of carboxylic acids is 1. The van der Waals surface area contributed by atoms with Gasteiger partial charge in [-0.05, 0) is 38.5 Å². The molecule has 0 rings (SSSR count). The van der Waals surface area contributed by atoms with Crippen LogP contribution in [0.3, 0.4) is 0 Å². The largest absolute Gasteiger partial charge is 0.481 e. The number of hydrogen-bond donors (Lipinski definition) is 2. The molecule has 0 heterocycles. The van der Waals surface area contributed by atoms with E-state index in [9.17, 15) is 9.90 Å². The lowest BCUT2D eigenvalue weighted by Crippen LogP contribution is -2.00. The first-order valence-electron chi connectivity index (χ1n) is 8.34. The van der Waals surface area contributed by atoms with Crippen molar-refractivity contribution in [2.24, 2.45) is 0 Å². The molecule has 122 valence electrons. The fourth-order valence-corrected chi connectivity index (χ4v) is 2.21. The molecule has 0 saturated heterocycles. The Bertz CT molecular complexity index is 284. The van der Waals surface area contributed by atoms with Crippen molar-refractivity contribution in [1.82, 2.24) is 0 Å². The van der Waals surface area contributed by atoms with Crippen molar-refractivity contribution in [1.29, 1.82) is 0 Å². The summed E-state index contributed by atoms with van der Waals surface area (Å²) in [5.41, 5.74) is 0. The van der Waals surface area contributed by atoms with E-state index in [1.165, 1.54) is 25.7 Å². The lowest BCUT2D eigenvalue weighted by atomic mass is 10.1. The Balaban J connectivity index is 3.15. The molecule has 0 spiro atoms. The first-order chi connectivity index (χ1) is 10.2. The van der Waals surface area contributed by atoms with Crippen molar-refractivity contribution in [3.8, 4) is 0 Å². The van der Waals surface area contributed by atoms with Gasteiger partial charge in [-0.15, -0.1) is 6.58 Å². The van der Waals surface area contributed by atoms with Crippen LogP contribution in [-0.4, -0.2) is 22.3 Å². The molecule has 1 atom stereocenters. The molecule has 0 aromatic heterocycles. The maximum Gasteiger partial charge on any atom is 0.303 e. The molecule has 0 radical (unpaired) electrons. The maximum absolute atomic E-state index is 10.3. The Labute approximate surface area is 129 Å². The number of unbranched alkanes of at least 4 members (excludes halogenated alkanes) is 8. The van der Waals surface area contributed by atoms with E-state index in [2.05, 4.69) is 18.7 Å². The van der Waals surface area contributed by atoms with Crippen LogP contribution in [0.5, 0.6) is 0 Å². The van der Waals surface area contributed by atoms with E-state index in [1.54, 1.807) is 6.08 Å². The lowest BCUT2D eigenvalue weighted by Gasteiger charge is -2.03. The monoisotopic (exact) mass is 296 g/mol. The predicted octanol–water partition coefficient (Wildman–Crippen LogP) is 4.86. The number of aliphatic hydroxyl groups excluding tert-OH is 1. The van der Waals surface area contributed by atoms with Crippen molar-refractivity contribution in [3.63, 3.8) is 0 Å². The van der Waals surface area contributed by atoms with Crippen molar-refractivity contribution >= 4 is 5.97 Å². The summed E-state index contributed by atoms with van der Waals surface area (Å²) in [7, 11) is 0. The molecule has 0 fully saturated rings. The number of allylic oxidation sites excluding steroid dienone is 2. The van der Waals surface area contributed by atoms with Crippen LogP contribution in [0.1, 0.15) is 77.0 Å². The average Bonchev–Trinajstić information content (AvgIpc) is 2.46. The number of aliphatic hydroxyl groups is 1. The highest BCUT2D eigenvalue weighted by Gasteiger charge is 1.97. The minimum atomic E-state index is -0.683. The lowest BCUT2D eigenvalue weighted by molar-refractivity contribution is -0.137. The summed E-state index contributed by atoms with van der Waals surface area (Å²) in [4.78, 5) is 10.3. The van der Waals surface area contributed by atoms with Gasteiger partial charge < -0.3 is 10.2 Å². The first-order valence-corrected chi connectivity index (χ1v) is 8.34. The molecule has 0 bridgehead atoms. The van der Waals surface area contributed by atoms with E-state index in [-0.39, 0.29) is 6.10 Å². The molecular weight excluding hydrogens is 264 g/mol. The number of rotatable bonds is 15. The van der Waals surface area contributed by atoms with Gasteiger partial charge in [0.25, 0.3) is 0 Å². The number of carbonyl (C=O) groups is 1. The number of aliphatic carboxylic acids is 1. The fourth-order valence-electron chi connectivity index (χ4n) is 2.21. The summed E-state index contributed by atoms with van der Waals surface area (Å²) in [6.45, 7) is 3.56.